The van der Waals surface area contributed by atoms with E-state index in [0.717, 1.165) is 40.8 Å². The van der Waals surface area contributed by atoms with E-state index < -0.39 is 0 Å². The number of hydrogen-bond acceptors (Lipinski definition) is 10. The van der Waals surface area contributed by atoms with Crippen LogP contribution in [0.25, 0.3) is 11.1 Å². The highest BCUT2D eigenvalue weighted by atomic mass is 16.5. The number of carbonyl (C=O) groups excluding carboxylic acids is 2. The van der Waals surface area contributed by atoms with Gasteiger partial charge in [0.25, 0.3) is 0 Å². The molecule has 12 nitrogen and oxygen atoms in total. The summed E-state index contributed by atoms with van der Waals surface area (Å²) < 4.78 is 16.9. The second kappa shape index (κ2) is 15.9. The molecular weight excluding hydrogens is 634 g/mol. The largest absolute Gasteiger partial charge is 0.493 e. The van der Waals surface area contributed by atoms with Crippen molar-refractivity contribution in [2.75, 3.05) is 48.6 Å². The van der Waals surface area contributed by atoms with Crippen molar-refractivity contribution in [2.45, 2.75) is 26.2 Å². The molecule has 12 heteroatoms. The first-order valence-corrected chi connectivity index (χ1v) is 16.3. The minimum absolute atomic E-state index is 0.0122. The Morgan fingerprint density at radius 2 is 1.58 bits per heavy atom. The molecule has 0 spiro atoms. The standard InChI is InChI=1S/C38H39N7O5/c1-24-12-14-28(26-8-5-4-6-9-26)22-31(24)42-34(46)21-25-13-17-32(33(20-25)49-3)50-38-44-36(39-18-19-48-2)43-37(45-38)41-30-11-7-10-29(23-30)40-35(47)27-15-16-27/h4-14,17,20,22-23,27H,15-16,18-19,21H2,1-3H3,(H,40,47)(H,42,46)(H2,39,41,43,44,45). The molecule has 0 atom stereocenters. The zero-order valence-electron chi connectivity index (χ0n) is 28.2. The highest BCUT2D eigenvalue weighted by Crippen LogP contribution is 2.33. The molecule has 1 aliphatic carbocycles. The number of benzene rings is 4. The molecule has 0 unspecified atom stereocenters. The molecule has 2 amide bonds. The lowest BCUT2D eigenvalue weighted by atomic mass is 10.0. The number of rotatable bonds is 15. The lowest BCUT2D eigenvalue weighted by Crippen LogP contribution is -2.15. The highest BCUT2D eigenvalue weighted by Gasteiger charge is 2.29. The third kappa shape index (κ3) is 9.11. The van der Waals surface area contributed by atoms with E-state index in [1.165, 1.54) is 7.11 Å². The molecule has 1 saturated carbocycles. The SMILES string of the molecule is COCCNc1nc(Nc2cccc(NC(=O)C3CC3)c2)nc(Oc2ccc(CC(=O)Nc3cc(-c4ccccc4)ccc3C)cc2OC)n1. The van der Waals surface area contributed by atoms with Gasteiger partial charge in [-0.25, -0.2) is 0 Å². The summed E-state index contributed by atoms with van der Waals surface area (Å²) >= 11 is 0. The molecule has 50 heavy (non-hydrogen) atoms. The third-order valence-electron chi connectivity index (χ3n) is 7.95. The molecule has 1 aliphatic rings. The Hall–Kier alpha value is -6.01. The average molecular weight is 674 g/mol. The Morgan fingerprint density at radius 3 is 2.36 bits per heavy atom. The van der Waals surface area contributed by atoms with Gasteiger partial charge in [-0.1, -0.05) is 54.6 Å². The Kier molecular flexibility index (Phi) is 10.8. The van der Waals surface area contributed by atoms with Gasteiger partial charge in [0.2, 0.25) is 23.7 Å². The molecular formula is C38H39N7O5. The number of hydrogen-bond donors (Lipinski definition) is 4. The van der Waals surface area contributed by atoms with Gasteiger partial charge < -0.3 is 35.5 Å². The Morgan fingerprint density at radius 1 is 0.780 bits per heavy atom. The van der Waals surface area contributed by atoms with Crippen LogP contribution < -0.4 is 30.7 Å². The summed E-state index contributed by atoms with van der Waals surface area (Å²) in [5.74, 6) is 1.20. The average Bonchev–Trinajstić information content (AvgIpc) is 3.97. The van der Waals surface area contributed by atoms with Gasteiger partial charge in [0, 0.05) is 36.6 Å². The Bertz CT molecular complexity index is 1970. The number of carbonyl (C=O) groups is 2. The van der Waals surface area contributed by atoms with E-state index in [1.807, 2.05) is 79.7 Å². The molecule has 1 heterocycles. The van der Waals surface area contributed by atoms with Crippen molar-refractivity contribution in [3.8, 4) is 28.6 Å². The van der Waals surface area contributed by atoms with Gasteiger partial charge in [-0.15, -0.1) is 0 Å². The maximum atomic E-state index is 13.1. The maximum Gasteiger partial charge on any atom is 0.328 e. The van der Waals surface area contributed by atoms with Crippen LogP contribution in [0, 0.1) is 12.8 Å². The Balaban J connectivity index is 1.16. The summed E-state index contributed by atoms with van der Waals surface area (Å²) in [5, 5.41) is 12.3. The van der Waals surface area contributed by atoms with E-state index in [0.29, 0.717) is 36.0 Å². The van der Waals surface area contributed by atoms with Crippen LogP contribution in [0.1, 0.15) is 24.0 Å². The van der Waals surface area contributed by atoms with E-state index in [4.69, 9.17) is 14.2 Å². The monoisotopic (exact) mass is 673 g/mol. The topological polar surface area (TPSA) is 149 Å². The van der Waals surface area contributed by atoms with Crippen molar-refractivity contribution in [1.29, 1.82) is 0 Å². The quantitative estimate of drug-likeness (QED) is 0.0858. The molecule has 0 aliphatic heterocycles. The summed E-state index contributed by atoms with van der Waals surface area (Å²) in [5.41, 5.74) is 5.89. The predicted octanol–water partition coefficient (Wildman–Crippen LogP) is 6.98. The van der Waals surface area contributed by atoms with Gasteiger partial charge in [0.05, 0.1) is 20.1 Å². The van der Waals surface area contributed by atoms with Crippen LogP contribution >= 0.6 is 0 Å². The zero-order valence-corrected chi connectivity index (χ0v) is 28.2. The lowest BCUT2D eigenvalue weighted by molar-refractivity contribution is -0.117. The van der Waals surface area contributed by atoms with E-state index >= 15 is 0 Å². The number of aromatic nitrogens is 3. The third-order valence-corrected chi connectivity index (χ3v) is 7.95. The number of nitrogens with zero attached hydrogens (tertiary/aromatic N) is 3. The van der Waals surface area contributed by atoms with Gasteiger partial charge in [-0.05, 0) is 78.4 Å². The molecule has 0 radical (unpaired) electrons. The van der Waals surface area contributed by atoms with Crippen LogP contribution in [0.15, 0.2) is 91.0 Å². The number of anilines is 5. The first-order valence-electron chi connectivity index (χ1n) is 16.3. The lowest BCUT2D eigenvalue weighted by Gasteiger charge is -2.14. The number of methoxy groups -OCH3 is 2. The zero-order chi connectivity index (χ0) is 34.9. The summed E-state index contributed by atoms with van der Waals surface area (Å²) in [6.45, 7) is 2.86. The van der Waals surface area contributed by atoms with Gasteiger partial charge in [-0.2, -0.15) is 15.0 Å². The van der Waals surface area contributed by atoms with Crippen molar-refractivity contribution in [1.82, 2.24) is 15.0 Å². The van der Waals surface area contributed by atoms with E-state index in [9.17, 15) is 9.59 Å². The predicted molar refractivity (Wildman–Crippen MR) is 193 cm³/mol. The fraction of sp³-hybridized carbons (Fsp3) is 0.237. The van der Waals surface area contributed by atoms with Crippen molar-refractivity contribution in [3.05, 3.63) is 102 Å². The minimum Gasteiger partial charge on any atom is -0.493 e. The number of amides is 2. The summed E-state index contributed by atoms with van der Waals surface area (Å²) in [4.78, 5) is 38.8. The molecule has 6 rings (SSSR count). The molecule has 1 fully saturated rings. The van der Waals surface area contributed by atoms with Gasteiger partial charge in [0.15, 0.2) is 11.5 Å². The molecule has 4 N–H and O–H groups in total. The highest BCUT2D eigenvalue weighted by molar-refractivity contribution is 5.95. The minimum atomic E-state index is -0.162. The first-order chi connectivity index (χ1) is 24.4. The molecule has 0 saturated heterocycles. The van der Waals surface area contributed by atoms with Crippen LogP contribution in [-0.2, 0) is 20.7 Å². The normalized spacial score (nSPS) is 12.1. The summed E-state index contributed by atoms with van der Waals surface area (Å²) in [6.07, 6.45) is 1.96. The van der Waals surface area contributed by atoms with E-state index in [2.05, 4.69) is 36.2 Å². The smallest absolute Gasteiger partial charge is 0.328 e. The number of ether oxygens (including phenoxy) is 3. The van der Waals surface area contributed by atoms with Crippen molar-refractivity contribution in [3.63, 3.8) is 0 Å². The van der Waals surface area contributed by atoms with Crippen molar-refractivity contribution >= 4 is 40.8 Å². The van der Waals surface area contributed by atoms with E-state index in [1.54, 1.807) is 25.3 Å². The molecule has 0 bridgehead atoms. The Labute approximate surface area is 290 Å². The van der Waals surface area contributed by atoms with Crippen LogP contribution in [0.5, 0.6) is 17.5 Å². The van der Waals surface area contributed by atoms with Crippen LogP contribution in [0.4, 0.5) is 29.0 Å². The fourth-order valence-corrected chi connectivity index (χ4v) is 5.15. The molecule has 1 aromatic heterocycles. The van der Waals surface area contributed by atoms with Crippen LogP contribution in [0.3, 0.4) is 0 Å². The number of nitrogens with one attached hydrogen (secondary N) is 4. The van der Waals surface area contributed by atoms with Crippen LogP contribution in [-0.4, -0.2) is 54.1 Å². The first kappa shape index (κ1) is 33.9. The molecule has 5 aromatic rings. The second-order valence-electron chi connectivity index (χ2n) is 11.9. The maximum absolute atomic E-state index is 13.1. The molecule has 4 aromatic carbocycles. The van der Waals surface area contributed by atoms with E-state index in [-0.39, 0.29) is 42.1 Å². The van der Waals surface area contributed by atoms with Gasteiger partial charge >= 0.3 is 6.01 Å². The molecule has 256 valence electrons. The van der Waals surface area contributed by atoms with Gasteiger partial charge in [-0.3, -0.25) is 9.59 Å². The van der Waals surface area contributed by atoms with Gasteiger partial charge in [0.1, 0.15) is 0 Å². The second-order valence-corrected chi connectivity index (χ2v) is 11.9. The summed E-state index contributed by atoms with van der Waals surface area (Å²) in [6, 6.07) is 28.6. The summed E-state index contributed by atoms with van der Waals surface area (Å²) in [7, 11) is 3.13. The fourth-order valence-electron chi connectivity index (χ4n) is 5.15. The van der Waals surface area contributed by atoms with Crippen molar-refractivity contribution in [2.24, 2.45) is 5.92 Å². The number of aryl methyl sites for hydroxylation is 1. The van der Waals surface area contributed by atoms with Crippen LogP contribution in [0.2, 0.25) is 0 Å². The van der Waals surface area contributed by atoms with Crippen molar-refractivity contribution < 1.29 is 23.8 Å².